The van der Waals surface area contributed by atoms with E-state index in [2.05, 4.69) is 15.3 Å². The predicted molar refractivity (Wildman–Crippen MR) is 133 cm³/mol. The minimum atomic E-state index is -0.556. The van der Waals surface area contributed by atoms with Gasteiger partial charge in [-0.2, -0.15) is 0 Å². The van der Waals surface area contributed by atoms with Crippen molar-refractivity contribution in [2.75, 3.05) is 5.32 Å². The summed E-state index contributed by atoms with van der Waals surface area (Å²) in [5.41, 5.74) is 1.54. The van der Waals surface area contributed by atoms with Crippen molar-refractivity contribution < 1.29 is 13.9 Å². The van der Waals surface area contributed by atoms with Gasteiger partial charge in [0.2, 0.25) is 5.95 Å². The highest BCUT2D eigenvalue weighted by Gasteiger charge is 2.31. The molecule has 7 nitrogen and oxygen atoms in total. The number of aryl methyl sites for hydroxylation is 1. The average molecular weight is 479 g/mol. The van der Waals surface area contributed by atoms with Gasteiger partial charge in [0.1, 0.15) is 11.3 Å². The standard InChI is InChI=1S/C27H31FN4O3/c1-17-11-12-23(33)32(16-17)21-10-6-7-18(14-21)24-22(28)15-29-26(31-24)30-20-9-5-8-19(13-20)25(34)35-27(2,3)4/h6-7,10-12,14-16,19-20H,5,8-9,13H2,1-4H3,(H,29,30,31)/t19-,20+/m1/s1. The summed E-state index contributed by atoms with van der Waals surface area (Å²) >= 11 is 0. The van der Waals surface area contributed by atoms with Gasteiger partial charge in [0.15, 0.2) is 5.82 Å². The Kier molecular flexibility index (Phi) is 7.00. The summed E-state index contributed by atoms with van der Waals surface area (Å²) < 4.78 is 21.8. The number of benzene rings is 1. The molecule has 1 aliphatic rings. The summed E-state index contributed by atoms with van der Waals surface area (Å²) in [6, 6.07) is 10.3. The van der Waals surface area contributed by atoms with Gasteiger partial charge >= 0.3 is 5.97 Å². The van der Waals surface area contributed by atoms with Crippen LogP contribution >= 0.6 is 0 Å². The maximum atomic E-state index is 14.8. The Bertz CT molecular complexity index is 1280. The molecule has 3 aromatic rings. The second kappa shape index (κ2) is 9.98. The molecule has 0 spiro atoms. The highest BCUT2D eigenvalue weighted by atomic mass is 19.1. The van der Waals surface area contributed by atoms with Crippen molar-refractivity contribution in [3.8, 4) is 16.9 Å². The lowest BCUT2D eigenvalue weighted by atomic mass is 9.85. The molecule has 2 heterocycles. The van der Waals surface area contributed by atoms with E-state index in [0.717, 1.165) is 31.0 Å². The fourth-order valence-corrected chi connectivity index (χ4v) is 4.34. The number of nitrogens with one attached hydrogen (secondary N) is 1. The third-order valence-corrected chi connectivity index (χ3v) is 5.95. The number of pyridine rings is 1. The van der Waals surface area contributed by atoms with E-state index in [1.165, 1.54) is 10.6 Å². The van der Waals surface area contributed by atoms with Crippen LogP contribution in [0.5, 0.6) is 0 Å². The zero-order chi connectivity index (χ0) is 25.2. The molecule has 1 N–H and O–H groups in total. The lowest BCUT2D eigenvalue weighted by Crippen LogP contribution is -2.35. The van der Waals surface area contributed by atoms with Crippen LogP contribution in [0.2, 0.25) is 0 Å². The lowest BCUT2D eigenvalue weighted by molar-refractivity contribution is -0.161. The molecule has 1 aromatic carbocycles. The molecule has 1 fully saturated rings. The SMILES string of the molecule is Cc1ccc(=O)n(-c2cccc(-c3nc(N[C@H]4CCC[C@@H](C(=O)OC(C)(C)C)C4)ncc3F)c2)c1. The Morgan fingerprint density at radius 2 is 2.00 bits per heavy atom. The number of esters is 1. The van der Waals surface area contributed by atoms with Gasteiger partial charge in [0.25, 0.3) is 5.56 Å². The predicted octanol–water partition coefficient (Wildman–Crippen LogP) is 5.05. The lowest BCUT2D eigenvalue weighted by Gasteiger charge is -2.30. The van der Waals surface area contributed by atoms with Gasteiger partial charge in [0.05, 0.1) is 12.1 Å². The molecule has 0 unspecified atom stereocenters. The Balaban J connectivity index is 1.54. The Morgan fingerprint density at radius 1 is 1.20 bits per heavy atom. The maximum absolute atomic E-state index is 14.8. The van der Waals surface area contributed by atoms with Crippen molar-refractivity contribution in [2.45, 2.75) is 65.0 Å². The summed E-state index contributed by atoms with van der Waals surface area (Å²) in [5, 5.41) is 3.28. The smallest absolute Gasteiger partial charge is 0.309 e. The minimum Gasteiger partial charge on any atom is -0.460 e. The van der Waals surface area contributed by atoms with E-state index >= 15 is 0 Å². The quantitative estimate of drug-likeness (QED) is 0.516. The van der Waals surface area contributed by atoms with E-state index in [4.69, 9.17) is 4.74 Å². The molecule has 0 amide bonds. The first-order valence-electron chi connectivity index (χ1n) is 11.9. The first kappa shape index (κ1) is 24.6. The Labute approximate surface area is 204 Å². The van der Waals surface area contributed by atoms with Crippen LogP contribution in [0.4, 0.5) is 10.3 Å². The van der Waals surface area contributed by atoms with Gasteiger partial charge in [0, 0.05) is 29.6 Å². The first-order chi connectivity index (χ1) is 16.6. The Morgan fingerprint density at radius 3 is 2.77 bits per heavy atom. The summed E-state index contributed by atoms with van der Waals surface area (Å²) in [6.45, 7) is 7.49. The third-order valence-electron chi connectivity index (χ3n) is 5.95. The number of rotatable bonds is 5. The molecule has 8 heteroatoms. The first-order valence-corrected chi connectivity index (χ1v) is 11.9. The molecule has 0 radical (unpaired) electrons. The number of nitrogens with zero attached hydrogens (tertiary/aromatic N) is 3. The minimum absolute atomic E-state index is 0.0169. The largest absolute Gasteiger partial charge is 0.460 e. The summed E-state index contributed by atoms with van der Waals surface area (Å²) in [4.78, 5) is 33.4. The number of aromatic nitrogens is 3. The van der Waals surface area contributed by atoms with Gasteiger partial charge < -0.3 is 10.1 Å². The topological polar surface area (TPSA) is 86.1 Å². The van der Waals surface area contributed by atoms with Gasteiger partial charge in [-0.25, -0.2) is 14.4 Å². The number of hydrogen-bond donors (Lipinski definition) is 1. The molecule has 1 saturated carbocycles. The number of hydrogen-bond acceptors (Lipinski definition) is 6. The second-order valence-corrected chi connectivity index (χ2v) is 10.1. The van der Waals surface area contributed by atoms with Crippen molar-refractivity contribution in [1.29, 1.82) is 0 Å². The Hall–Kier alpha value is -3.55. The molecule has 2 atom stereocenters. The highest BCUT2D eigenvalue weighted by molar-refractivity contribution is 5.73. The molecule has 35 heavy (non-hydrogen) atoms. The number of carbonyl (C=O) groups is 1. The van der Waals surface area contributed by atoms with Crippen LogP contribution in [-0.4, -0.2) is 32.1 Å². The zero-order valence-electron chi connectivity index (χ0n) is 20.5. The van der Waals surface area contributed by atoms with Gasteiger partial charge in [-0.1, -0.05) is 24.6 Å². The maximum Gasteiger partial charge on any atom is 0.309 e. The highest BCUT2D eigenvalue weighted by Crippen LogP contribution is 2.29. The molecule has 0 bridgehead atoms. The number of ether oxygens (including phenoxy) is 1. The number of halogens is 1. The monoisotopic (exact) mass is 478 g/mol. The van der Waals surface area contributed by atoms with Crippen LogP contribution in [0.1, 0.15) is 52.0 Å². The van der Waals surface area contributed by atoms with Crippen molar-refractivity contribution in [3.63, 3.8) is 0 Å². The van der Waals surface area contributed by atoms with Crippen molar-refractivity contribution in [1.82, 2.24) is 14.5 Å². The van der Waals surface area contributed by atoms with Crippen molar-refractivity contribution in [3.05, 3.63) is 70.5 Å². The van der Waals surface area contributed by atoms with E-state index in [1.54, 1.807) is 36.5 Å². The zero-order valence-corrected chi connectivity index (χ0v) is 20.5. The van der Waals surface area contributed by atoms with E-state index in [-0.39, 0.29) is 29.2 Å². The van der Waals surface area contributed by atoms with E-state index < -0.39 is 11.4 Å². The molecule has 1 aliphatic carbocycles. The van der Waals surface area contributed by atoms with Gasteiger partial charge in [-0.3, -0.25) is 14.2 Å². The molecular weight excluding hydrogens is 447 g/mol. The van der Waals surface area contributed by atoms with Crippen LogP contribution < -0.4 is 10.9 Å². The fourth-order valence-electron chi connectivity index (χ4n) is 4.34. The molecule has 2 aromatic heterocycles. The third kappa shape index (κ3) is 6.12. The molecule has 0 saturated heterocycles. The van der Waals surface area contributed by atoms with Crippen LogP contribution in [-0.2, 0) is 9.53 Å². The summed E-state index contributed by atoms with van der Waals surface area (Å²) in [5.74, 6) is -0.633. The molecule has 184 valence electrons. The van der Waals surface area contributed by atoms with Crippen LogP contribution in [0, 0.1) is 18.7 Å². The average Bonchev–Trinajstić information content (AvgIpc) is 2.81. The molecular formula is C27H31FN4O3. The normalized spacial score (nSPS) is 18.2. The van der Waals surface area contributed by atoms with Crippen LogP contribution in [0.15, 0.2) is 53.6 Å². The van der Waals surface area contributed by atoms with E-state index in [0.29, 0.717) is 23.6 Å². The van der Waals surface area contributed by atoms with E-state index in [1.807, 2.05) is 27.7 Å². The molecule has 4 rings (SSSR count). The second-order valence-electron chi connectivity index (χ2n) is 10.1. The van der Waals surface area contributed by atoms with Gasteiger partial charge in [-0.15, -0.1) is 0 Å². The van der Waals surface area contributed by atoms with Crippen LogP contribution in [0.3, 0.4) is 0 Å². The van der Waals surface area contributed by atoms with Crippen molar-refractivity contribution in [2.24, 2.45) is 5.92 Å². The summed E-state index contributed by atoms with van der Waals surface area (Å²) in [6.07, 6.45) is 6.02. The number of carbonyl (C=O) groups excluding carboxylic acids is 1. The van der Waals surface area contributed by atoms with E-state index in [9.17, 15) is 14.0 Å². The van der Waals surface area contributed by atoms with Crippen molar-refractivity contribution >= 4 is 11.9 Å². The molecule has 0 aliphatic heterocycles. The van der Waals surface area contributed by atoms with Gasteiger partial charge in [-0.05, 0) is 64.7 Å². The summed E-state index contributed by atoms with van der Waals surface area (Å²) in [7, 11) is 0. The number of anilines is 1. The van der Waals surface area contributed by atoms with Crippen LogP contribution in [0.25, 0.3) is 16.9 Å². The fraction of sp³-hybridized carbons (Fsp3) is 0.407.